The summed E-state index contributed by atoms with van der Waals surface area (Å²) in [5.74, 6) is 0.792. The SMILES string of the molecule is COc1ccc(C(OC[C@H]2O[C@@H](n3cc(C)c(=O)[nH]c3=O)C(OCCCCCCN3C(=O)c4ccccc4C3=O)[C@H]2O)(c2ccccc2)c2ccc(OC)cc2)cc1. The number of aryl methyl sites for hydroxylation is 1. The van der Waals surface area contributed by atoms with E-state index in [1.807, 2.05) is 78.9 Å². The number of carbonyl (C=O) groups excluding carboxylic acids is 2. The lowest BCUT2D eigenvalue weighted by Crippen LogP contribution is -2.41. The maximum atomic E-state index is 13.2. The highest BCUT2D eigenvalue weighted by Crippen LogP contribution is 2.43. The molecule has 0 bridgehead atoms. The molecule has 5 aromatic rings. The molecular formula is C45H47N3O10. The summed E-state index contributed by atoms with van der Waals surface area (Å²) in [5, 5.41) is 11.9. The summed E-state index contributed by atoms with van der Waals surface area (Å²) in [6.45, 7) is 2.00. The number of nitrogens with one attached hydrogen (secondary N) is 1. The van der Waals surface area contributed by atoms with Gasteiger partial charge in [0.15, 0.2) is 6.23 Å². The summed E-state index contributed by atoms with van der Waals surface area (Å²) >= 11 is 0. The topological polar surface area (TPSA) is 159 Å². The van der Waals surface area contributed by atoms with Crippen LogP contribution in [0.2, 0.25) is 0 Å². The van der Waals surface area contributed by atoms with Crippen LogP contribution in [0.25, 0.3) is 0 Å². The van der Waals surface area contributed by atoms with Crippen molar-refractivity contribution in [2.45, 2.75) is 62.7 Å². The van der Waals surface area contributed by atoms with Gasteiger partial charge in [-0.05, 0) is 72.9 Å². The molecule has 1 unspecified atom stereocenters. The second-order valence-electron chi connectivity index (χ2n) is 14.4. The van der Waals surface area contributed by atoms with E-state index in [0.29, 0.717) is 42.0 Å². The molecule has 4 aromatic carbocycles. The third kappa shape index (κ3) is 7.98. The maximum Gasteiger partial charge on any atom is 0.330 e. The Bertz CT molecular complexity index is 2240. The molecule has 1 fully saturated rings. The van der Waals surface area contributed by atoms with Crippen molar-refractivity contribution >= 4 is 11.8 Å². The number of hydrogen-bond donors (Lipinski definition) is 2. The average Bonchev–Trinajstić information content (AvgIpc) is 3.69. The molecule has 2 aliphatic rings. The fourth-order valence-electron chi connectivity index (χ4n) is 7.70. The number of ether oxygens (including phenoxy) is 5. The second kappa shape index (κ2) is 17.7. The van der Waals surface area contributed by atoms with Gasteiger partial charge in [-0.25, -0.2) is 4.79 Å². The van der Waals surface area contributed by atoms with Crippen LogP contribution in [0.5, 0.6) is 11.5 Å². The number of fused-ring (bicyclic) bond motifs is 1. The van der Waals surface area contributed by atoms with Crippen LogP contribution in [-0.4, -0.2) is 83.7 Å². The summed E-state index contributed by atoms with van der Waals surface area (Å²) in [7, 11) is 3.20. The van der Waals surface area contributed by atoms with Gasteiger partial charge in [0.2, 0.25) is 0 Å². The van der Waals surface area contributed by atoms with Crippen LogP contribution in [0.1, 0.15) is 74.9 Å². The molecule has 1 aromatic heterocycles. The van der Waals surface area contributed by atoms with E-state index in [-0.39, 0.29) is 30.6 Å². The van der Waals surface area contributed by atoms with Crippen LogP contribution in [0.4, 0.5) is 0 Å². The zero-order valence-corrected chi connectivity index (χ0v) is 32.7. The summed E-state index contributed by atoms with van der Waals surface area (Å²) in [4.78, 5) is 54.6. The standard InChI is InChI=1S/C45H47N3O10/c1-29-27-48(44(53)46-40(29)50)43-39(56-26-12-5-4-11-25-47-41(51)35-15-9-10-16-36(35)42(47)52)38(49)37(58-43)28-57-45(30-13-7-6-8-14-30,31-17-21-33(54-2)22-18-31)32-19-23-34(55-3)24-20-32/h6-10,13-24,27,37-39,43,49H,4-5,11-12,25-26,28H2,1-3H3,(H,46,50,53)/t37-,38+,39?,43-/m1/s1. The Morgan fingerprint density at radius 2 is 1.28 bits per heavy atom. The Hall–Kier alpha value is -5.86. The number of carbonyl (C=O) groups is 2. The number of aromatic nitrogens is 2. The van der Waals surface area contributed by atoms with Gasteiger partial charge in [0.05, 0.1) is 32.0 Å². The molecule has 302 valence electrons. The number of benzene rings is 4. The van der Waals surface area contributed by atoms with Crippen LogP contribution < -0.4 is 20.7 Å². The molecule has 4 atom stereocenters. The van der Waals surface area contributed by atoms with E-state index in [1.54, 1.807) is 45.4 Å². The number of hydrogen-bond acceptors (Lipinski definition) is 10. The number of aromatic amines is 1. The van der Waals surface area contributed by atoms with Crippen molar-refractivity contribution in [2.75, 3.05) is 34.0 Å². The Morgan fingerprint density at radius 1 is 0.724 bits per heavy atom. The molecule has 2 aliphatic heterocycles. The van der Waals surface area contributed by atoms with Gasteiger partial charge in [-0.2, -0.15) is 0 Å². The average molecular weight is 790 g/mol. The molecule has 0 saturated carbocycles. The van der Waals surface area contributed by atoms with E-state index in [4.69, 9.17) is 23.7 Å². The summed E-state index contributed by atoms with van der Waals surface area (Å²) in [6, 6.07) is 31.7. The molecule has 0 spiro atoms. The summed E-state index contributed by atoms with van der Waals surface area (Å²) < 4.78 is 32.0. The van der Waals surface area contributed by atoms with Crippen LogP contribution in [0.3, 0.4) is 0 Å². The lowest BCUT2D eigenvalue weighted by atomic mass is 9.80. The third-order valence-corrected chi connectivity index (χ3v) is 10.8. The molecule has 2 N–H and O–H groups in total. The molecule has 13 nitrogen and oxygen atoms in total. The van der Waals surface area contributed by atoms with Crippen LogP contribution >= 0.6 is 0 Å². The Kier molecular flexibility index (Phi) is 12.3. The van der Waals surface area contributed by atoms with Gasteiger partial charge >= 0.3 is 5.69 Å². The number of rotatable bonds is 17. The predicted octanol–water partition coefficient (Wildman–Crippen LogP) is 5.37. The zero-order chi connectivity index (χ0) is 40.8. The minimum Gasteiger partial charge on any atom is -0.497 e. The fourth-order valence-corrected chi connectivity index (χ4v) is 7.70. The van der Waals surface area contributed by atoms with Crippen molar-refractivity contribution < 1.29 is 38.4 Å². The number of amides is 2. The van der Waals surface area contributed by atoms with E-state index >= 15 is 0 Å². The van der Waals surface area contributed by atoms with Crippen molar-refractivity contribution in [2.24, 2.45) is 0 Å². The largest absolute Gasteiger partial charge is 0.497 e. The maximum absolute atomic E-state index is 13.2. The van der Waals surface area contributed by atoms with Crippen molar-refractivity contribution in [3.05, 3.63) is 164 Å². The lowest BCUT2D eigenvalue weighted by Gasteiger charge is -2.37. The minimum atomic E-state index is -1.24. The van der Waals surface area contributed by atoms with E-state index in [2.05, 4.69) is 4.98 Å². The summed E-state index contributed by atoms with van der Waals surface area (Å²) in [5.41, 5.74) is 1.12. The number of unbranched alkanes of at least 4 members (excludes halogenated alkanes) is 3. The van der Waals surface area contributed by atoms with Crippen molar-refractivity contribution in [3.8, 4) is 11.5 Å². The van der Waals surface area contributed by atoms with E-state index < -0.39 is 41.4 Å². The molecule has 2 amide bonds. The minimum absolute atomic E-state index is 0.126. The van der Waals surface area contributed by atoms with Crippen molar-refractivity contribution in [1.29, 1.82) is 0 Å². The second-order valence-corrected chi connectivity index (χ2v) is 14.4. The molecule has 0 radical (unpaired) electrons. The van der Waals surface area contributed by atoms with E-state index in [9.17, 15) is 24.3 Å². The quantitative estimate of drug-likeness (QED) is 0.0713. The lowest BCUT2D eigenvalue weighted by molar-refractivity contribution is -0.0983. The molecule has 1 saturated heterocycles. The van der Waals surface area contributed by atoms with E-state index in [0.717, 1.165) is 29.5 Å². The van der Waals surface area contributed by atoms with Gasteiger partial charge in [-0.3, -0.25) is 28.8 Å². The van der Waals surface area contributed by atoms with Gasteiger partial charge in [0.25, 0.3) is 17.4 Å². The van der Waals surface area contributed by atoms with Crippen molar-refractivity contribution in [1.82, 2.24) is 14.5 Å². The van der Waals surface area contributed by atoms with Gasteiger partial charge in [-0.1, -0.05) is 79.6 Å². The van der Waals surface area contributed by atoms with Crippen LogP contribution in [0, 0.1) is 6.92 Å². The molecule has 7 rings (SSSR count). The number of nitrogens with zero attached hydrogens (tertiary/aromatic N) is 2. The first-order valence-corrected chi connectivity index (χ1v) is 19.4. The smallest absolute Gasteiger partial charge is 0.330 e. The van der Waals surface area contributed by atoms with Crippen LogP contribution in [0.15, 0.2) is 119 Å². The Balaban J connectivity index is 1.09. The molecule has 3 heterocycles. The summed E-state index contributed by atoms with van der Waals surface area (Å²) in [6.07, 6.45) is -0.198. The number of aliphatic hydroxyl groups excluding tert-OH is 1. The Morgan fingerprint density at radius 3 is 1.86 bits per heavy atom. The fraction of sp³-hybridized carbons (Fsp3) is 0.333. The monoisotopic (exact) mass is 789 g/mol. The number of methoxy groups -OCH3 is 2. The predicted molar refractivity (Wildman–Crippen MR) is 214 cm³/mol. The molecule has 0 aliphatic carbocycles. The first-order valence-electron chi connectivity index (χ1n) is 19.4. The first kappa shape index (κ1) is 40.3. The Labute approximate surface area is 335 Å². The third-order valence-electron chi connectivity index (χ3n) is 10.8. The highest BCUT2D eigenvalue weighted by atomic mass is 16.6. The number of H-pyrrole nitrogens is 1. The van der Waals surface area contributed by atoms with Gasteiger partial charge in [0.1, 0.15) is 35.4 Å². The molecule has 13 heteroatoms. The van der Waals surface area contributed by atoms with E-state index in [1.165, 1.54) is 15.7 Å². The zero-order valence-electron chi connectivity index (χ0n) is 32.7. The number of aliphatic hydroxyl groups is 1. The van der Waals surface area contributed by atoms with Crippen molar-refractivity contribution in [3.63, 3.8) is 0 Å². The molecule has 58 heavy (non-hydrogen) atoms. The molecular weight excluding hydrogens is 743 g/mol. The van der Waals surface area contributed by atoms with Gasteiger partial charge in [0, 0.05) is 24.9 Å². The van der Waals surface area contributed by atoms with Gasteiger partial charge in [-0.15, -0.1) is 0 Å². The normalized spacial score (nSPS) is 19.1. The van der Waals surface area contributed by atoms with Crippen LogP contribution in [-0.2, 0) is 19.8 Å². The number of imide groups is 1. The highest BCUT2D eigenvalue weighted by molar-refractivity contribution is 6.21. The first-order chi connectivity index (χ1) is 28.2. The highest BCUT2D eigenvalue weighted by Gasteiger charge is 2.48. The van der Waals surface area contributed by atoms with Gasteiger partial charge < -0.3 is 28.8 Å².